The summed E-state index contributed by atoms with van der Waals surface area (Å²) in [5, 5.41) is 0. The summed E-state index contributed by atoms with van der Waals surface area (Å²) in [4.78, 5) is 0.329. The van der Waals surface area contributed by atoms with Gasteiger partial charge in [-0.25, -0.2) is 0 Å². The van der Waals surface area contributed by atoms with E-state index in [4.69, 9.17) is 27.4 Å². The summed E-state index contributed by atoms with van der Waals surface area (Å²) in [6, 6.07) is 3.59. The molecule has 0 atom stereocenters. The molecule has 0 bridgehead atoms. The first-order chi connectivity index (χ1) is 7.45. The molecule has 1 rings (SSSR count). The largest absolute Gasteiger partial charge is 0.493 e. The second-order valence-corrected chi connectivity index (χ2v) is 4.81. The van der Waals surface area contributed by atoms with E-state index >= 15 is 0 Å². The zero-order valence-electron chi connectivity index (χ0n) is 9.41. The maximum atomic E-state index is 5.65. The Bertz CT molecular complexity index is 407. The second-order valence-electron chi connectivity index (χ2n) is 3.52. The van der Waals surface area contributed by atoms with Crippen LogP contribution < -0.4 is 15.2 Å². The van der Waals surface area contributed by atoms with Crippen molar-refractivity contribution in [2.75, 3.05) is 7.11 Å². The minimum Gasteiger partial charge on any atom is -0.493 e. The maximum Gasteiger partial charge on any atom is 0.175 e. The molecule has 0 aliphatic rings. The van der Waals surface area contributed by atoms with Crippen molar-refractivity contribution in [3.63, 3.8) is 0 Å². The average Bonchev–Trinajstić information content (AvgIpc) is 2.19. The quantitative estimate of drug-likeness (QED) is 0.869. The monoisotopic (exact) mass is 303 g/mol. The standard InChI is InChI=1S/C11H14BrNO2S/c1-6(2)15-10-8(12)4-7(11(13)16)5-9(10)14-3/h4-6H,1-3H3,(H2,13,16). The van der Waals surface area contributed by atoms with Crippen LogP contribution in [0.2, 0.25) is 0 Å². The number of rotatable bonds is 4. The Kier molecular flexibility index (Phi) is 4.56. The minimum absolute atomic E-state index is 0.0703. The van der Waals surface area contributed by atoms with Gasteiger partial charge in [-0.05, 0) is 41.9 Å². The highest BCUT2D eigenvalue weighted by molar-refractivity contribution is 9.10. The predicted molar refractivity (Wildman–Crippen MR) is 72.3 cm³/mol. The Morgan fingerprint density at radius 3 is 2.50 bits per heavy atom. The summed E-state index contributed by atoms with van der Waals surface area (Å²) in [6.07, 6.45) is 0.0703. The lowest BCUT2D eigenvalue weighted by molar-refractivity contribution is 0.228. The van der Waals surface area contributed by atoms with Gasteiger partial charge in [0.1, 0.15) is 4.99 Å². The molecule has 0 radical (unpaired) electrons. The van der Waals surface area contributed by atoms with Crippen LogP contribution in [0.25, 0.3) is 0 Å². The summed E-state index contributed by atoms with van der Waals surface area (Å²) in [6.45, 7) is 3.90. The van der Waals surface area contributed by atoms with Gasteiger partial charge in [-0.2, -0.15) is 0 Å². The molecule has 88 valence electrons. The molecule has 0 saturated carbocycles. The number of hydrogen-bond donors (Lipinski definition) is 1. The lowest BCUT2D eigenvalue weighted by Crippen LogP contribution is -2.11. The SMILES string of the molecule is COc1cc(C(N)=S)cc(Br)c1OC(C)C. The Hall–Kier alpha value is -0.810. The molecule has 1 aromatic carbocycles. The molecule has 0 aliphatic carbocycles. The summed E-state index contributed by atoms with van der Waals surface area (Å²) < 4.78 is 11.7. The van der Waals surface area contributed by atoms with Crippen LogP contribution in [-0.4, -0.2) is 18.2 Å². The summed E-state index contributed by atoms with van der Waals surface area (Å²) >= 11 is 8.34. The Morgan fingerprint density at radius 2 is 2.06 bits per heavy atom. The molecule has 0 heterocycles. The van der Waals surface area contributed by atoms with Crippen LogP contribution in [0.3, 0.4) is 0 Å². The van der Waals surface area contributed by atoms with E-state index < -0.39 is 0 Å². The average molecular weight is 304 g/mol. The molecular weight excluding hydrogens is 290 g/mol. The van der Waals surface area contributed by atoms with Gasteiger partial charge in [0, 0.05) is 5.56 Å². The molecule has 0 aromatic heterocycles. The third-order valence-corrected chi connectivity index (χ3v) is 2.69. The van der Waals surface area contributed by atoms with Crippen molar-refractivity contribution in [3.8, 4) is 11.5 Å². The van der Waals surface area contributed by atoms with E-state index in [9.17, 15) is 0 Å². The van der Waals surface area contributed by atoms with Crippen LogP contribution in [0.4, 0.5) is 0 Å². The zero-order valence-corrected chi connectivity index (χ0v) is 11.8. The van der Waals surface area contributed by atoms with Crippen molar-refractivity contribution in [1.82, 2.24) is 0 Å². The van der Waals surface area contributed by atoms with E-state index in [0.717, 1.165) is 10.0 Å². The molecule has 0 amide bonds. The molecule has 1 aromatic rings. The molecular formula is C11H14BrNO2S. The number of thiocarbonyl (C=S) groups is 1. The maximum absolute atomic E-state index is 5.65. The Labute approximate surface area is 109 Å². The van der Waals surface area contributed by atoms with Crippen molar-refractivity contribution in [3.05, 3.63) is 22.2 Å². The summed E-state index contributed by atoms with van der Waals surface area (Å²) in [5.74, 6) is 1.28. The number of methoxy groups -OCH3 is 1. The van der Waals surface area contributed by atoms with Gasteiger partial charge >= 0.3 is 0 Å². The molecule has 5 heteroatoms. The van der Waals surface area contributed by atoms with Crippen molar-refractivity contribution in [2.24, 2.45) is 5.73 Å². The van der Waals surface area contributed by atoms with Gasteiger partial charge in [0.2, 0.25) is 0 Å². The third-order valence-electron chi connectivity index (χ3n) is 1.87. The number of nitrogens with two attached hydrogens (primary N) is 1. The Balaban J connectivity index is 3.23. The van der Waals surface area contributed by atoms with E-state index in [1.807, 2.05) is 19.9 Å². The summed E-state index contributed by atoms with van der Waals surface area (Å²) in [5.41, 5.74) is 6.32. The topological polar surface area (TPSA) is 44.5 Å². The molecule has 0 fully saturated rings. The van der Waals surface area contributed by atoms with E-state index in [1.165, 1.54) is 0 Å². The van der Waals surface area contributed by atoms with E-state index in [1.54, 1.807) is 13.2 Å². The smallest absolute Gasteiger partial charge is 0.175 e. The highest BCUT2D eigenvalue weighted by Crippen LogP contribution is 2.37. The Morgan fingerprint density at radius 1 is 1.44 bits per heavy atom. The molecule has 0 aliphatic heterocycles. The number of ether oxygens (including phenoxy) is 2. The minimum atomic E-state index is 0.0703. The molecule has 3 nitrogen and oxygen atoms in total. The van der Waals surface area contributed by atoms with Gasteiger partial charge in [-0.1, -0.05) is 12.2 Å². The van der Waals surface area contributed by atoms with Crippen molar-refractivity contribution in [2.45, 2.75) is 20.0 Å². The first-order valence-electron chi connectivity index (χ1n) is 4.79. The van der Waals surface area contributed by atoms with Crippen molar-refractivity contribution < 1.29 is 9.47 Å². The van der Waals surface area contributed by atoms with E-state index in [2.05, 4.69) is 15.9 Å². The van der Waals surface area contributed by atoms with Crippen LogP contribution in [0, 0.1) is 0 Å². The number of benzene rings is 1. The first kappa shape index (κ1) is 13.3. The van der Waals surface area contributed by atoms with Gasteiger partial charge in [0.25, 0.3) is 0 Å². The third kappa shape index (κ3) is 3.09. The molecule has 16 heavy (non-hydrogen) atoms. The van der Waals surface area contributed by atoms with E-state index in [0.29, 0.717) is 16.5 Å². The fourth-order valence-electron chi connectivity index (χ4n) is 1.21. The highest BCUT2D eigenvalue weighted by atomic mass is 79.9. The number of halogens is 1. The molecule has 0 unspecified atom stereocenters. The first-order valence-corrected chi connectivity index (χ1v) is 5.99. The van der Waals surface area contributed by atoms with Crippen LogP contribution in [0.1, 0.15) is 19.4 Å². The van der Waals surface area contributed by atoms with Gasteiger partial charge < -0.3 is 15.2 Å². The zero-order chi connectivity index (χ0) is 12.3. The van der Waals surface area contributed by atoms with Crippen LogP contribution in [-0.2, 0) is 0 Å². The van der Waals surface area contributed by atoms with Gasteiger partial charge in [0.05, 0.1) is 17.7 Å². The molecule has 0 saturated heterocycles. The fraction of sp³-hybridized carbons (Fsp3) is 0.364. The van der Waals surface area contributed by atoms with Gasteiger partial charge in [0.15, 0.2) is 11.5 Å². The predicted octanol–water partition coefficient (Wildman–Crippen LogP) is 2.88. The van der Waals surface area contributed by atoms with Crippen LogP contribution >= 0.6 is 28.1 Å². The summed E-state index contributed by atoms with van der Waals surface area (Å²) in [7, 11) is 1.58. The highest BCUT2D eigenvalue weighted by Gasteiger charge is 2.13. The molecule has 0 spiro atoms. The van der Waals surface area contributed by atoms with Gasteiger partial charge in [-0.15, -0.1) is 0 Å². The lowest BCUT2D eigenvalue weighted by atomic mass is 10.2. The van der Waals surface area contributed by atoms with Gasteiger partial charge in [-0.3, -0.25) is 0 Å². The van der Waals surface area contributed by atoms with Crippen LogP contribution in [0.15, 0.2) is 16.6 Å². The molecule has 2 N–H and O–H groups in total. The van der Waals surface area contributed by atoms with Crippen molar-refractivity contribution >= 4 is 33.1 Å². The number of hydrogen-bond acceptors (Lipinski definition) is 3. The van der Waals surface area contributed by atoms with Crippen LogP contribution in [0.5, 0.6) is 11.5 Å². The van der Waals surface area contributed by atoms with Crippen molar-refractivity contribution in [1.29, 1.82) is 0 Å². The van der Waals surface area contributed by atoms with E-state index in [-0.39, 0.29) is 6.10 Å². The lowest BCUT2D eigenvalue weighted by Gasteiger charge is -2.16. The fourth-order valence-corrected chi connectivity index (χ4v) is 1.87. The normalized spacial score (nSPS) is 10.3. The second kappa shape index (κ2) is 5.50.